The molecule has 1 fully saturated rings. The van der Waals surface area contributed by atoms with Crippen LogP contribution in [0.2, 0.25) is 0 Å². The summed E-state index contributed by atoms with van der Waals surface area (Å²) in [6.07, 6.45) is 2.08. The summed E-state index contributed by atoms with van der Waals surface area (Å²) in [4.78, 5) is 34.7. The number of hydrogen-bond acceptors (Lipinski definition) is 4. The highest BCUT2D eigenvalue weighted by Crippen LogP contribution is 2.32. The van der Waals surface area contributed by atoms with Gasteiger partial charge in [-0.25, -0.2) is 0 Å². The van der Waals surface area contributed by atoms with Crippen LogP contribution in [0, 0.1) is 11.8 Å². The van der Waals surface area contributed by atoms with E-state index in [2.05, 4.69) is 0 Å². The number of carbonyl (C=O) groups is 3. The molecule has 1 saturated carbocycles. The Kier molecular flexibility index (Phi) is 4.65. The lowest BCUT2D eigenvalue weighted by molar-refractivity contribution is -0.153. The Morgan fingerprint density at radius 3 is 2.31 bits per heavy atom. The molecule has 1 unspecified atom stereocenters. The molecule has 90 valence electrons. The molecule has 4 nitrogen and oxygen atoms in total. The first-order valence-electron chi connectivity index (χ1n) is 5.82. The van der Waals surface area contributed by atoms with Crippen molar-refractivity contribution in [3.05, 3.63) is 0 Å². The summed E-state index contributed by atoms with van der Waals surface area (Å²) in [7, 11) is 0. The van der Waals surface area contributed by atoms with E-state index >= 15 is 0 Å². The number of ether oxygens (including phenoxy) is 1. The maximum absolute atomic E-state index is 11.6. The van der Waals surface area contributed by atoms with E-state index in [1.54, 1.807) is 13.8 Å². The lowest BCUT2D eigenvalue weighted by atomic mass is 9.94. The van der Waals surface area contributed by atoms with E-state index in [9.17, 15) is 14.4 Å². The standard InChI is InChI=1S/C12H18O4/c1-3-10(13)9(12(15)16-4-2)7-11(14)8-5-6-8/h8-9H,3-7H2,1-2H3. The van der Waals surface area contributed by atoms with Crippen molar-refractivity contribution in [1.29, 1.82) is 0 Å². The summed E-state index contributed by atoms with van der Waals surface area (Å²) in [5.74, 6) is -1.52. The maximum Gasteiger partial charge on any atom is 0.316 e. The molecule has 0 bridgehead atoms. The van der Waals surface area contributed by atoms with Crippen molar-refractivity contribution < 1.29 is 19.1 Å². The van der Waals surface area contributed by atoms with Crippen molar-refractivity contribution in [3.63, 3.8) is 0 Å². The summed E-state index contributed by atoms with van der Waals surface area (Å²) in [6, 6.07) is 0. The molecule has 1 aliphatic carbocycles. The fraction of sp³-hybridized carbons (Fsp3) is 0.750. The van der Waals surface area contributed by atoms with Gasteiger partial charge in [0.15, 0.2) is 0 Å². The van der Waals surface area contributed by atoms with Gasteiger partial charge in [0.05, 0.1) is 6.61 Å². The average Bonchev–Trinajstić information content (AvgIpc) is 3.08. The van der Waals surface area contributed by atoms with Gasteiger partial charge in [-0.1, -0.05) is 6.92 Å². The van der Waals surface area contributed by atoms with Gasteiger partial charge in [0.2, 0.25) is 0 Å². The predicted molar refractivity (Wildman–Crippen MR) is 57.8 cm³/mol. The molecule has 0 aromatic heterocycles. The highest BCUT2D eigenvalue weighted by molar-refractivity contribution is 6.02. The molecule has 1 atom stereocenters. The second-order valence-corrected chi connectivity index (χ2v) is 4.07. The zero-order valence-electron chi connectivity index (χ0n) is 9.82. The molecule has 0 aromatic carbocycles. The highest BCUT2D eigenvalue weighted by atomic mass is 16.5. The molecule has 16 heavy (non-hydrogen) atoms. The zero-order valence-corrected chi connectivity index (χ0v) is 9.82. The minimum absolute atomic E-state index is 0.0240. The molecule has 0 aromatic rings. The molecule has 0 spiro atoms. The molecule has 1 rings (SSSR count). The fourth-order valence-corrected chi connectivity index (χ4v) is 1.59. The monoisotopic (exact) mass is 226 g/mol. The van der Waals surface area contributed by atoms with Gasteiger partial charge in [0.1, 0.15) is 17.5 Å². The quantitative estimate of drug-likeness (QED) is 0.487. The zero-order chi connectivity index (χ0) is 12.1. The topological polar surface area (TPSA) is 60.4 Å². The van der Waals surface area contributed by atoms with Gasteiger partial charge in [-0.3, -0.25) is 14.4 Å². The predicted octanol–water partition coefficient (Wildman–Crippen LogP) is 1.51. The number of hydrogen-bond donors (Lipinski definition) is 0. The van der Waals surface area contributed by atoms with Crippen LogP contribution in [0.3, 0.4) is 0 Å². The fourth-order valence-electron chi connectivity index (χ4n) is 1.59. The third-order valence-corrected chi connectivity index (χ3v) is 2.75. The lowest BCUT2D eigenvalue weighted by Gasteiger charge is -2.12. The van der Waals surface area contributed by atoms with Gasteiger partial charge in [0, 0.05) is 18.8 Å². The Balaban J connectivity index is 2.58. The first-order valence-corrected chi connectivity index (χ1v) is 5.82. The van der Waals surface area contributed by atoms with Crippen LogP contribution in [0.15, 0.2) is 0 Å². The largest absolute Gasteiger partial charge is 0.465 e. The van der Waals surface area contributed by atoms with Crippen LogP contribution in [0.5, 0.6) is 0 Å². The second kappa shape index (κ2) is 5.77. The van der Waals surface area contributed by atoms with E-state index in [0.29, 0.717) is 0 Å². The van der Waals surface area contributed by atoms with E-state index in [-0.39, 0.29) is 36.9 Å². The van der Waals surface area contributed by atoms with Crippen LogP contribution < -0.4 is 0 Å². The first kappa shape index (κ1) is 12.9. The minimum Gasteiger partial charge on any atom is -0.465 e. The second-order valence-electron chi connectivity index (χ2n) is 4.07. The van der Waals surface area contributed by atoms with E-state index < -0.39 is 11.9 Å². The highest BCUT2D eigenvalue weighted by Gasteiger charge is 2.35. The SMILES string of the molecule is CCOC(=O)C(CC(=O)C1CC1)C(=O)CC. The van der Waals surface area contributed by atoms with Crippen LogP contribution in [-0.4, -0.2) is 24.1 Å². The number of esters is 1. The molecule has 1 aliphatic rings. The van der Waals surface area contributed by atoms with E-state index in [0.717, 1.165) is 12.8 Å². The molecule has 0 radical (unpaired) electrons. The number of carbonyl (C=O) groups excluding carboxylic acids is 3. The number of Topliss-reactive ketones (excluding diaryl/α,β-unsaturated/α-hetero) is 2. The Morgan fingerprint density at radius 1 is 1.25 bits per heavy atom. The van der Waals surface area contributed by atoms with Gasteiger partial charge >= 0.3 is 5.97 Å². The Hall–Kier alpha value is -1.19. The summed E-state index contributed by atoms with van der Waals surface area (Å²) in [5.41, 5.74) is 0. The molecule has 0 amide bonds. The maximum atomic E-state index is 11.6. The van der Waals surface area contributed by atoms with Crippen molar-refractivity contribution in [3.8, 4) is 0 Å². The minimum atomic E-state index is -0.877. The Labute approximate surface area is 95.3 Å². The van der Waals surface area contributed by atoms with Crippen molar-refractivity contribution in [2.24, 2.45) is 11.8 Å². The third kappa shape index (κ3) is 3.43. The molecule has 0 saturated heterocycles. The van der Waals surface area contributed by atoms with Crippen LogP contribution in [-0.2, 0) is 19.1 Å². The Bertz CT molecular complexity index is 291. The summed E-state index contributed by atoms with van der Waals surface area (Å²) in [5, 5.41) is 0. The van der Waals surface area contributed by atoms with Gasteiger partial charge < -0.3 is 4.74 Å². The van der Waals surface area contributed by atoms with Crippen molar-refractivity contribution in [2.45, 2.75) is 39.5 Å². The van der Waals surface area contributed by atoms with Crippen molar-refractivity contribution in [2.75, 3.05) is 6.61 Å². The van der Waals surface area contributed by atoms with Gasteiger partial charge in [-0.2, -0.15) is 0 Å². The van der Waals surface area contributed by atoms with Gasteiger partial charge in [-0.15, -0.1) is 0 Å². The summed E-state index contributed by atoms with van der Waals surface area (Å²) >= 11 is 0. The average molecular weight is 226 g/mol. The van der Waals surface area contributed by atoms with Crippen molar-refractivity contribution >= 4 is 17.5 Å². The van der Waals surface area contributed by atoms with Crippen LogP contribution in [0.1, 0.15) is 39.5 Å². The molecule has 0 heterocycles. The van der Waals surface area contributed by atoms with Crippen LogP contribution in [0.25, 0.3) is 0 Å². The molecular formula is C12H18O4. The summed E-state index contributed by atoms with van der Waals surface area (Å²) in [6.45, 7) is 3.62. The molecular weight excluding hydrogens is 208 g/mol. The Morgan fingerprint density at radius 2 is 1.88 bits per heavy atom. The molecule has 4 heteroatoms. The smallest absolute Gasteiger partial charge is 0.316 e. The third-order valence-electron chi connectivity index (χ3n) is 2.75. The lowest BCUT2D eigenvalue weighted by Crippen LogP contribution is -2.28. The van der Waals surface area contributed by atoms with E-state index in [4.69, 9.17) is 4.74 Å². The molecule has 0 N–H and O–H groups in total. The summed E-state index contributed by atoms with van der Waals surface area (Å²) < 4.78 is 4.82. The number of rotatable bonds is 7. The normalized spacial score (nSPS) is 16.6. The van der Waals surface area contributed by atoms with Crippen LogP contribution >= 0.6 is 0 Å². The molecule has 0 aliphatic heterocycles. The van der Waals surface area contributed by atoms with Gasteiger partial charge in [-0.05, 0) is 19.8 Å². The van der Waals surface area contributed by atoms with Gasteiger partial charge in [0.25, 0.3) is 0 Å². The first-order chi connectivity index (χ1) is 7.60. The van der Waals surface area contributed by atoms with E-state index in [1.807, 2.05) is 0 Å². The van der Waals surface area contributed by atoms with Crippen LogP contribution in [0.4, 0.5) is 0 Å². The van der Waals surface area contributed by atoms with E-state index in [1.165, 1.54) is 0 Å². The number of ketones is 2. The van der Waals surface area contributed by atoms with Crippen molar-refractivity contribution in [1.82, 2.24) is 0 Å².